The normalized spacial score (nSPS) is 17.3. The van der Waals surface area contributed by atoms with E-state index in [1.165, 1.54) is 60.2 Å². The van der Waals surface area contributed by atoms with E-state index in [4.69, 9.17) is 0 Å². The number of anilines is 1. The number of allylic oxidation sites excluding steroid dienone is 14. The summed E-state index contributed by atoms with van der Waals surface area (Å²) in [7, 11) is -15.7. The van der Waals surface area contributed by atoms with Crippen LogP contribution in [-0.4, -0.2) is 131 Å². The summed E-state index contributed by atoms with van der Waals surface area (Å²) >= 11 is 9.61. The summed E-state index contributed by atoms with van der Waals surface area (Å²) in [6.45, 7) is 22.0. The molecule has 0 fully saturated rings. The van der Waals surface area contributed by atoms with E-state index in [0.717, 1.165) is 37.1 Å². The molecule has 4 aliphatic heterocycles. The number of carbonyl (C=O) groups is 2. The van der Waals surface area contributed by atoms with E-state index in [1.54, 1.807) is 40.4 Å². The van der Waals surface area contributed by atoms with Crippen LogP contribution in [0.15, 0.2) is 207 Å². The van der Waals surface area contributed by atoms with E-state index in [-0.39, 0.29) is 56.4 Å². The third kappa shape index (κ3) is 19.3. The Morgan fingerprint density at radius 3 is 1.45 bits per heavy atom. The van der Waals surface area contributed by atoms with Crippen molar-refractivity contribution in [2.45, 2.75) is 174 Å². The highest BCUT2D eigenvalue weighted by Gasteiger charge is 2.52. The van der Waals surface area contributed by atoms with Gasteiger partial charge in [0.1, 0.15) is 27.3 Å². The smallest absolute Gasteiger partial charge is 0.373 e. The minimum Gasteiger partial charge on any atom is -1.00 e. The third-order valence-electron chi connectivity index (χ3n) is 20.9. The molecule has 4 heterocycles. The average Bonchev–Trinajstić information content (AvgIpc) is 0.942. The third-order valence-corrected chi connectivity index (χ3v) is 27.3. The number of carboxylic acids is 2. The van der Waals surface area contributed by atoms with Crippen LogP contribution in [0.5, 0.6) is 0 Å². The summed E-state index contributed by atoms with van der Waals surface area (Å²) in [6.07, 6.45) is 30.6. The Morgan fingerprint density at radius 2 is 0.955 bits per heavy atom. The van der Waals surface area contributed by atoms with Gasteiger partial charge in [-0.2, -0.15) is 30.6 Å². The molecule has 0 spiro atoms. The standard InChI is InChI=1S/C38H40I2N2O8S2.C24H24I2N.C21H25NO8S2.HI/c1-7-8-14-29(36(43)44)42-28-18-17-25-26(21-24(51(45,46)47)22-31(25)52(48,49)50)34(28)38(4,5)33(42)16-13-11-9-10-12-15-32-37(2,3)35-27(40)19-23(39)20-30(35)41(32)6;1-24(2)22(27(3)21-17-19(25)16-20(26)23(21)24)15-11-6-4-5-8-12-18-13-9-7-10-14-18;1-5-6-7-17(20(23)24)22-12(2)21(3,4)19-15-10-13(31(25,26)27)11-18(32(28,29)30)14(15)8-9-16(19)22;/h9-13,15-22,29H,7-8,14H2,1-6H3,(H2-,43,44,45,46,47,48,49,50);4-11,13-17H,12H2,1-3H3;8-11,17H,5-7H2,1-4H3,(H2-,23,24,25,26,27,28,29,30);1H/q;+1;;/p-1/b;6-4+,8-5+,15-11+;;. The molecule has 0 aliphatic carbocycles. The van der Waals surface area contributed by atoms with E-state index >= 15 is 0 Å². The first-order valence-electron chi connectivity index (χ1n) is 35.6. The molecule has 0 aromatic heterocycles. The molecule has 0 amide bonds. The molecule has 4 N–H and O–H groups in total. The summed E-state index contributed by atoms with van der Waals surface area (Å²) in [6, 6.07) is 27.0. The van der Waals surface area contributed by atoms with Crippen LogP contribution in [0.2, 0.25) is 0 Å². The van der Waals surface area contributed by atoms with Crippen LogP contribution < -0.4 is 28.9 Å². The summed E-state index contributed by atoms with van der Waals surface area (Å²) in [5.41, 5.74) is 10.2. The maximum Gasteiger partial charge on any atom is 0.373 e. The molecule has 11 rings (SSSR count). The summed E-state index contributed by atoms with van der Waals surface area (Å²) < 4.78 is 151. The molecule has 2 unspecified atom stereocenters. The van der Waals surface area contributed by atoms with Crippen molar-refractivity contribution in [2.24, 2.45) is 0 Å². The molecule has 596 valence electrons. The minimum absolute atomic E-state index is 0. The van der Waals surface area contributed by atoms with Crippen molar-refractivity contribution in [2.75, 3.05) is 19.0 Å². The summed E-state index contributed by atoms with van der Waals surface area (Å²) in [5.74, 6) is -2.08. The van der Waals surface area contributed by atoms with Gasteiger partial charge >= 0.3 is 11.9 Å². The van der Waals surface area contributed by atoms with Crippen molar-refractivity contribution in [1.29, 1.82) is 0 Å². The Bertz CT molecular complexity index is 5780. The van der Waals surface area contributed by atoms with Gasteiger partial charge in [-0.25, -0.2) is 26.4 Å². The van der Waals surface area contributed by atoms with Gasteiger partial charge in [0.2, 0.25) is 17.1 Å². The average molecular weight is 2160 g/mol. The van der Waals surface area contributed by atoms with Crippen molar-refractivity contribution in [3.05, 3.63) is 230 Å². The molecular formula is C83H89I5N4O16S4. The molecule has 20 nitrogen and oxygen atoms in total. The number of hydrogen-bond acceptors (Lipinski definition) is 13. The van der Waals surface area contributed by atoms with E-state index in [0.29, 0.717) is 71.7 Å². The monoisotopic (exact) mass is 2160 g/mol. The van der Waals surface area contributed by atoms with Gasteiger partial charge in [-0.05, 0) is 228 Å². The maximum atomic E-state index is 12.8. The molecule has 2 atom stereocenters. The highest BCUT2D eigenvalue weighted by atomic mass is 127. The fraction of sp³-hybridized carbons (Fsp3) is 0.313. The Hall–Kier alpha value is -5.72. The molecule has 29 heteroatoms. The van der Waals surface area contributed by atoms with Gasteiger partial charge in [-0.3, -0.25) is 9.11 Å². The predicted molar refractivity (Wildman–Crippen MR) is 469 cm³/mol. The van der Waals surface area contributed by atoms with Crippen LogP contribution in [0.3, 0.4) is 0 Å². The lowest BCUT2D eigenvalue weighted by atomic mass is 9.79. The van der Waals surface area contributed by atoms with Crippen molar-refractivity contribution in [3.8, 4) is 0 Å². The van der Waals surface area contributed by atoms with Gasteiger partial charge in [0.05, 0.1) is 41.4 Å². The molecule has 0 radical (unpaired) electrons. The maximum absolute atomic E-state index is 12.8. The van der Waals surface area contributed by atoms with Gasteiger partial charge in [-0.15, -0.1) is 0 Å². The largest absolute Gasteiger partial charge is 1.00 e. The van der Waals surface area contributed by atoms with Crippen LogP contribution in [0.25, 0.3) is 21.5 Å². The lowest BCUT2D eigenvalue weighted by molar-refractivity contribution is -0.472. The van der Waals surface area contributed by atoms with Crippen molar-refractivity contribution in [3.63, 3.8) is 0 Å². The number of hydrogen-bond donors (Lipinski definition) is 4. The highest BCUT2D eigenvalue weighted by Crippen LogP contribution is 2.52. The molecule has 7 aromatic carbocycles. The lowest BCUT2D eigenvalue weighted by Crippen LogP contribution is -3.00. The van der Waals surface area contributed by atoms with Crippen molar-refractivity contribution < 1.29 is 109 Å². The fourth-order valence-electron chi connectivity index (χ4n) is 15.5. The number of aliphatic carboxylic acids is 2. The number of fused-ring (bicyclic) bond motifs is 8. The van der Waals surface area contributed by atoms with E-state index in [9.17, 15) is 71.7 Å². The van der Waals surface area contributed by atoms with Gasteiger partial charge in [0, 0.05) is 116 Å². The topological polar surface area (TPSA) is 310 Å². The van der Waals surface area contributed by atoms with Gasteiger partial charge in [-0.1, -0.05) is 132 Å². The second-order valence-corrected chi connectivity index (χ2v) is 40.0. The Morgan fingerprint density at radius 1 is 0.518 bits per heavy atom. The number of likely N-dealkylation sites (N-methyl/N-ethyl adjacent to an activating group) is 1. The first-order chi connectivity index (χ1) is 51.7. The van der Waals surface area contributed by atoms with Gasteiger partial charge in [0.15, 0.2) is 17.1 Å². The Kier molecular flexibility index (Phi) is 29.5. The van der Waals surface area contributed by atoms with Crippen molar-refractivity contribution >= 4 is 204 Å². The van der Waals surface area contributed by atoms with Crippen LogP contribution in [0, 0.1) is 14.3 Å². The van der Waals surface area contributed by atoms with E-state index in [1.807, 2.05) is 65.8 Å². The first kappa shape index (κ1) is 91.8. The molecule has 7 aromatic rings. The zero-order chi connectivity index (χ0) is 82.2. The molecule has 0 bridgehead atoms. The van der Waals surface area contributed by atoms with Crippen LogP contribution in [0.1, 0.15) is 143 Å². The van der Waals surface area contributed by atoms with Crippen LogP contribution in [0.4, 0.5) is 22.7 Å². The molecule has 4 aliphatic rings. The molecular weight excluding hydrogens is 2070 g/mol. The fourth-order valence-corrected chi connectivity index (χ4v) is 23.1. The number of halogens is 5. The summed E-state index contributed by atoms with van der Waals surface area (Å²) in [5, 5.41) is 20.6. The van der Waals surface area contributed by atoms with E-state index < -0.39 is 94.9 Å². The number of nitrogens with zero attached hydrogens (tertiary/aromatic N) is 4. The SMILES string of the molecule is CCCCC(C(=O)O)[N+]1=C(/C=C/C=C/C=C/C=C2\N(C)c3cc(I)cc(I)c3C2(C)C)C(C)(C)c2c1ccc1c(S(=O)(=O)[O-])cc(S(=O)(=O)O)cc21.CCCCC(C(=O)O)[N+]1=C(C)C(C)(C)c2c1ccc1c(S(=O)(=O)[O-])cc(S(=O)(=O)O)cc21.C[N+]1=C(/C=C/C=C/C=C/Cc2ccccc2)C(C)(C)c2c(I)cc(I)cc21.[I-]. The van der Waals surface area contributed by atoms with E-state index in [2.05, 4.69) is 239 Å². The number of benzene rings is 7. The second kappa shape index (κ2) is 36.0. The molecule has 0 saturated heterocycles. The minimum atomic E-state index is -5.17. The number of unbranched alkanes of at least 4 members (excludes halogenated alkanes) is 2. The zero-order valence-corrected chi connectivity index (χ0v) is 78.0. The second-order valence-electron chi connectivity index (χ2n) is 29.6. The van der Waals surface area contributed by atoms with Crippen LogP contribution in [-0.2, 0) is 78.1 Å². The van der Waals surface area contributed by atoms with Crippen LogP contribution >= 0.6 is 90.4 Å². The number of carboxylic acid groups (broad SMARTS) is 2. The van der Waals surface area contributed by atoms with Gasteiger partial charge in [0.25, 0.3) is 32.3 Å². The first-order valence-corrected chi connectivity index (χ1v) is 45.6. The molecule has 0 saturated carbocycles. The van der Waals surface area contributed by atoms with Crippen molar-refractivity contribution in [1.82, 2.24) is 0 Å². The Balaban J connectivity index is 0.000000225. The quantitative estimate of drug-likeness (QED) is 0.0200. The molecule has 112 heavy (non-hydrogen) atoms. The Labute approximate surface area is 728 Å². The summed E-state index contributed by atoms with van der Waals surface area (Å²) in [4.78, 5) is 24.1. The lowest BCUT2D eigenvalue weighted by Gasteiger charge is -2.24. The number of rotatable bonds is 23. The van der Waals surface area contributed by atoms with Gasteiger partial charge < -0.3 is 48.2 Å². The zero-order valence-electron chi connectivity index (χ0n) is 63.9. The predicted octanol–water partition coefficient (Wildman–Crippen LogP) is 15.0. The highest BCUT2D eigenvalue weighted by molar-refractivity contribution is 14.1.